The van der Waals surface area contributed by atoms with Crippen molar-refractivity contribution in [1.29, 1.82) is 0 Å². The molecule has 5 heteroatoms. The van der Waals surface area contributed by atoms with Crippen molar-refractivity contribution >= 4 is 16.8 Å². The number of aromatic nitrogens is 1. The Morgan fingerprint density at radius 2 is 1.76 bits per heavy atom. The van der Waals surface area contributed by atoms with E-state index >= 15 is 0 Å². The van der Waals surface area contributed by atoms with Gasteiger partial charge in [-0.05, 0) is 37.9 Å². The molecule has 5 nitrogen and oxygen atoms in total. The van der Waals surface area contributed by atoms with Gasteiger partial charge in [0.1, 0.15) is 0 Å². The van der Waals surface area contributed by atoms with Gasteiger partial charge < -0.3 is 14.8 Å². The van der Waals surface area contributed by atoms with E-state index < -0.39 is 0 Å². The van der Waals surface area contributed by atoms with E-state index in [1.807, 2.05) is 35.2 Å². The van der Waals surface area contributed by atoms with Gasteiger partial charge in [-0.25, -0.2) is 0 Å². The minimum atomic E-state index is -0.234. The van der Waals surface area contributed by atoms with E-state index in [1.165, 1.54) is 11.6 Å². The first-order chi connectivity index (χ1) is 14.1. The van der Waals surface area contributed by atoms with E-state index in [-0.39, 0.29) is 11.5 Å². The normalized spacial score (nSPS) is 15.2. The van der Waals surface area contributed by atoms with Gasteiger partial charge in [0.25, 0.3) is 5.91 Å². The molecule has 3 aromatic rings. The van der Waals surface area contributed by atoms with Crippen molar-refractivity contribution in [3.8, 4) is 0 Å². The molecule has 1 N–H and O–H groups in total. The van der Waals surface area contributed by atoms with E-state index in [4.69, 9.17) is 0 Å². The summed E-state index contributed by atoms with van der Waals surface area (Å²) in [5, 5.41) is 0.805. The fourth-order valence-corrected chi connectivity index (χ4v) is 4.19. The second-order valence-electron chi connectivity index (χ2n) is 7.83. The van der Waals surface area contributed by atoms with Gasteiger partial charge in [-0.1, -0.05) is 48.5 Å². The summed E-state index contributed by atoms with van der Waals surface area (Å²) in [4.78, 5) is 32.2. The van der Waals surface area contributed by atoms with Crippen LogP contribution in [0.3, 0.4) is 0 Å². The summed E-state index contributed by atoms with van der Waals surface area (Å²) in [6.07, 6.45) is 2.95. The zero-order valence-corrected chi connectivity index (χ0v) is 16.8. The number of carbonyl (C=O) groups is 1. The highest BCUT2D eigenvalue weighted by atomic mass is 16.2. The van der Waals surface area contributed by atoms with E-state index in [2.05, 4.69) is 41.2 Å². The maximum Gasteiger partial charge on any atom is 0.254 e. The number of hydrogen-bond acceptors (Lipinski definition) is 3. The molecular formula is C24H27N3O2. The zero-order chi connectivity index (χ0) is 20.2. The molecule has 0 radical (unpaired) electrons. The number of nitrogens with zero attached hydrogens (tertiary/aromatic N) is 2. The van der Waals surface area contributed by atoms with Crippen LogP contribution in [-0.2, 0) is 6.42 Å². The topological polar surface area (TPSA) is 56.4 Å². The number of para-hydroxylation sites is 1. The van der Waals surface area contributed by atoms with Crippen LogP contribution in [0.25, 0.3) is 10.9 Å². The molecule has 0 saturated carbocycles. The predicted octanol–water partition coefficient (Wildman–Crippen LogP) is 3.31. The summed E-state index contributed by atoms with van der Waals surface area (Å²) in [6, 6.07) is 19.9. The van der Waals surface area contributed by atoms with Crippen LogP contribution >= 0.6 is 0 Å². The molecular weight excluding hydrogens is 362 g/mol. The van der Waals surface area contributed by atoms with Crippen LogP contribution in [0, 0.1) is 0 Å². The Balaban J connectivity index is 1.38. The summed E-state index contributed by atoms with van der Waals surface area (Å²) in [6.45, 7) is 2.46. The molecule has 1 aromatic heterocycles. The summed E-state index contributed by atoms with van der Waals surface area (Å²) in [7, 11) is 2.18. The number of fused-ring (bicyclic) bond motifs is 1. The summed E-state index contributed by atoms with van der Waals surface area (Å²) >= 11 is 0. The van der Waals surface area contributed by atoms with Crippen LogP contribution in [0.15, 0.2) is 65.5 Å². The minimum Gasteiger partial charge on any atom is -0.339 e. The number of likely N-dealkylation sites (tertiary alicyclic amines) is 1. The van der Waals surface area contributed by atoms with Crippen molar-refractivity contribution in [2.45, 2.75) is 25.3 Å². The van der Waals surface area contributed by atoms with Crippen molar-refractivity contribution in [3.05, 3.63) is 82.1 Å². The minimum absolute atomic E-state index is 0.0438. The molecule has 1 aliphatic rings. The highest BCUT2D eigenvalue weighted by molar-refractivity contribution is 6.05. The average Bonchev–Trinajstić information content (AvgIpc) is 2.77. The Hall–Kier alpha value is -2.92. The van der Waals surface area contributed by atoms with Gasteiger partial charge in [0, 0.05) is 42.6 Å². The molecule has 2 heterocycles. The molecule has 0 unspecified atom stereocenters. The fourth-order valence-electron chi connectivity index (χ4n) is 4.19. The molecule has 0 atom stereocenters. The van der Waals surface area contributed by atoms with E-state index in [1.54, 1.807) is 0 Å². The van der Waals surface area contributed by atoms with E-state index in [0.717, 1.165) is 44.3 Å². The highest BCUT2D eigenvalue weighted by Gasteiger charge is 2.26. The second-order valence-corrected chi connectivity index (χ2v) is 7.83. The van der Waals surface area contributed by atoms with Crippen molar-refractivity contribution < 1.29 is 4.79 Å². The van der Waals surface area contributed by atoms with Crippen LogP contribution in [0.4, 0.5) is 0 Å². The molecule has 0 bridgehead atoms. The second kappa shape index (κ2) is 8.62. The van der Waals surface area contributed by atoms with Gasteiger partial charge in [0.05, 0.1) is 5.56 Å². The zero-order valence-electron chi connectivity index (χ0n) is 16.8. The lowest BCUT2D eigenvalue weighted by Gasteiger charge is -2.37. The quantitative estimate of drug-likeness (QED) is 0.728. The fraction of sp³-hybridized carbons (Fsp3) is 0.333. The predicted molar refractivity (Wildman–Crippen MR) is 116 cm³/mol. The Labute approximate surface area is 171 Å². The molecule has 0 aliphatic carbocycles. The monoisotopic (exact) mass is 389 g/mol. The standard InChI is InChI=1S/C24H27N3O2/c1-26(14-11-18-7-3-2-4-8-18)19-12-15-27(16-13-19)24(29)21-17-23(28)25-22-10-6-5-9-20(21)22/h2-10,17,19H,11-16H2,1H3,(H,25,28). The smallest absolute Gasteiger partial charge is 0.254 e. The number of hydrogen-bond donors (Lipinski definition) is 1. The largest absolute Gasteiger partial charge is 0.339 e. The first-order valence-corrected chi connectivity index (χ1v) is 10.3. The van der Waals surface area contributed by atoms with Crippen molar-refractivity contribution in [3.63, 3.8) is 0 Å². The van der Waals surface area contributed by atoms with Crippen molar-refractivity contribution in [2.24, 2.45) is 0 Å². The lowest BCUT2D eigenvalue weighted by Crippen LogP contribution is -2.46. The number of benzene rings is 2. The number of aromatic amines is 1. The van der Waals surface area contributed by atoms with Gasteiger partial charge >= 0.3 is 0 Å². The molecule has 1 fully saturated rings. The number of carbonyl (C=O) groups excluding carboxylic acids is 1. The number of likely N-dealkylation sites (N-methyl/N-ethyl adjacent to an activating group) is 1. The molecule has 29 heavy (non-hydrogen) atoms. The number of H-pyrrole nitrogens is 1. The van der Waals surface area contributed by atoms with Crippen molar-refractivity contribution in [2.75, 3.05) is 26.7 Å². The van der Waals surface area contributed by atoms with Gasteiger partial charge in [0.15, 0.2) is 0 Å². The molecule has 1 amide bonds. The lowest BCUT2D eigenvalue weighted by molar-refractivity contribution is 0.0648. The SMILES string of the molecule is CN(CCc1ccccc1)C1CCN(C(=O)c2cc(=O)[nH]c3ccccc23)CC1. The van der Waals surface area contributed by atoms with E-state index in [9.17, 15) is 9.59 Å². The third-order valence-corrected chi connectivity index (χ3v) is 5.95. The highest BCUT2D eigenvalue weighted by Crippen LogP contribution is 2.21. The molecule has 4 rings (SSSR count). The first kappa shape index (κ1) is 19.4. The first-order valence-electron chi connectivity index (χ1n) is 10.3. The Bertz CT molecular complexity index is 1040. The summed E-state index contributed by atoms with van der Waals surface area (Å²) in [5.41, 5.74) is 2.33. The van der Waals surface area contributed by atoms with Crippen LogP contribution in [0.1, 0.15) is 28.8 Å². The maximum atomic E-state index is 13.1. The molecule has 1 aliphatic heterocycles. The van der Waals surface area contributed by atoms with Gasteiger partial charge in [-0.3, -0.25) is 9.59 Å². The van der Waals surface area contributed by atoms with E-state index in [0.29, 0.717) is 17.1 Å². The summed E-state index contributed by atoms with van der Waals surface area (Å²) in [5.74, 6) is -0.0438. The third-order valence-electron chi connectivity index (χ3n) is 5.95. The average molecular weight is 389 g/mol. The molecule has 0 spiro atoms. The number of nitrogens with one attached hydrogen (secondary N) is 1. The number of piperidine rings is 1. The summed E-state index contributed by atoms with van der Waals surface area (Å²) < 4.78 is 0. The molecule has 1 saturated heterocycles. The van der Waals surface area contributed by atoms with Gasteiger partial charge in [-0.2, -0.15) is 0 Å². The van der Waals surface area contributed by atoms with Gasteiger partial charge in [-0.15, -0.1) is 0 Å². The Morgan fingerprint density at radius 1 is 1.07 bits per heavy atom. The number of amides is 1. The van der Waals surface area contributed by atoms with Gasteiger partial charge in [0.2, 0.25) is 5.56 Å². The Morgan fingerprint density at radius 3 is 2.52 bits per heavy atom. The van der Waals surface area contributed by atoms with Crippen LogP contribution in [-0.4, -0.2) is 53.4 Å². The van der Waals surface area contributed by atoms with Crippen LogP contribution in [0.2, 0.25) is 0 Å². The lowest BCUT2D eigenvalue weighted by atomic mass is 10.0. The van der Waals surface area contributed by atoms with Crippen molar-refractivity contribution in [1.82, 2.24) is 14.8 Å². The molecule has 2 aromatic carbocycles. The number of pyridine rings is 1. The Kier molecular flexibility index (Phi) is 5.76. The number of rotatable bonds is 5. The molecule has 150 valence electrons. The van der Waals surface area contributed by atoms with Crippen LogP contribution < -0.4 is 5.56 Å². The third kappa shape index (κ3) is 4.40. The van der Waals surface area contributed by atoms with Crippen LogP contribution in [0.5, 0.6) is 0 Å². The maximum absolute atomic E-state index is 13.1.